The van der Waals surface area contributed by atoms with Crippen molar-refractivity contribution in [2.24, 2.45) is 0 Å². The van der Waals surface area contributed by atoms with Crippen LogP contribution >= 0.6 is 13.5 Å². The van der Waals surface area contributed by atoms with Crippen LogP contribution in [0.15, 0.2) is 30.3 Å². The molecule has 0 aliphatic carbocycles. The predicted molar refractivity (Wildman–Crippen MR) is 46.6 cm³/mol. The molecule has 0 bridgehead atoms. The van der Waals surface area contributed by atoms with E-state index in [0.29, 0.717) is 0 Å². The van der Waals surface area contributed by atoms with Crippen LogP contribution in [0.4, 0.5) is 0 Å². The van der Waals surface area contributed by atoms with E-state index in [4.69, 9.17) is 0 Å². The largest absolute Gasteiger partial charge is 0.344 e. The molecule has 0 atom stereocenters. The zero-order chi connectivity index (χ0) is 5.11. The molecule has 0 aliphatic rings. The van der Waals surface area contributed by atoms with E-state index in [0.717, 1.165) is 0 Å². The van der Waals surface area contributed by atoms with Gasteiger partial charge in [0.25, 0.3) is 0 Å². The summed E-state index contributed by atoms with van der Waals surface area (Å²) in [5, 5.41) is 0. The Balaban J connectivity index is 0. The van der Waals surface area contributed by atoms with Crippen molar-refractivity contribution in [2.75, 3.05) is 0 Å². The number of hydrogen-bond acceptors (Lipinski definition) is 1. The van der Waals surface area contributed by atoms with E-state index in [1.807, 2.05) is 18.2 Å². The summed E-state index contributed by atoms with van der Waals surface area (Å²) in [5.74, 6) is 0. The zero-order valence-electron chi connectivity index (χ0n) is 5.59. The minimum Gasteiger partial charge on any atom is -0.344 e. The molecule has 2 heteroatoms. The highest BCUT2D eigenvalue weighted by molar-refractivity contribution is 7.59. The van der Waals surface area contributed by atoms with Crippen LogP contribution in [0.2, 0.25) is 0 Å². The fourth-order valence-corrected chi connectivity index (χ4v) is 0.534. The van der Waals surface area contributed by atoms with Crippen molar-refractivity contribution in [3.8, 4) is 0 Å². The van der Waals surface area contributed by atoms with Gasteiger partial charge in [-0.2, -0.15) is 13.5 Å². The second kappa shape index (κ2) is 5.66. The summed E-state index contributed by atoms with van der Waals surface area (Å²) < 4.78 is 0. The van der Waals surface area contributed by atoms with Crippen molar-refractivity contribution in [1.82, 2.24) is 6.15 Å². The van der Waals surface area contributed by atoms with Crippen molar-refractivity contribution >= 4 is 13.5 Å². The van der Waals surface area contributed by atoms with Crippen LogP contribution in [0.1, 0.15) is 5.56 Å². The minimum absolute atomic E-state index is 0. The Labute approximate surface area is 63.1 Å². The Hall–Kier alpha value is -0.470. The Kier molecular flexibility index (Phi) is 7.14. The van der Waals surface area contributed by atoms with Gasteiger partial charge in [0.1, 0.15) is 0 Å². The number of benzene rings is 1. The summed E-state index contributed by atoms with van der Waals surface area (Å²) in [5.41, 5.74) is 1.32. The highest BCUT2D eigenvalue weighted by atomic mass is 32.1. The lowest BCUT2D eigenvalue weighted by atomic mass is 10.2. The summed E-state index contributed by atoms with van der Waals surface area (Å²) in [7, 11) is 0. The molecule has 0 saturated carbocycles. The summed E-state index contributed by atoms with van der Waals surface area (Å²) in [4.78, 5) is 0. The van der Waals surface area contributed by atoms with Gasteiger partial charge in [-0.1, -0.05) is 35.9 Å². The third-order valence-corrected chi connectivity index (χ3v) is 0.940. The number of aryl methyl sites for hydroxylation is 1. The van der Waals surface area contributed by atoms with Crippen LogP contribution in [0, 0.1) is 6.92 Å². The molecule has 0 unspecified atom stereocenters. The molecule has 0 saturated heterocycles. The summed E-state index contributed by atoms with van der Waals surface area (Å²) in [6.45, 7) is 2.08. The van der Waals surface area contributed by atoms with E-state index in [9.17, 15) is 0 Å². The molecule has 1 nitrogen and oxygen atoms in total. The molecule has 3 N–H and O–H groups in total. The van der Waals surface area contributed by atoms with Gasteiger partial charge in [0.05, 0.1) is 0 Å². The zero-order valence-corrected chi connectivity index (χ0v) is 6.59. The van der Waals surface area contributed by atoms with Gasteiger partial charge >= 0.3 is 0 Å². The van der Waals surface area contributed by atoms with Crippen LogP contribution < -0.4 is 6.15 Å². The first kappa shape index (κ1) is 11.3. The first-order valence-electron chi connectivity index (χ1n) is 2.41. The third kappa shape index (κ3) is 4.06. The van der Waals surface area contributed by atoms with Crippen LogP contribution in [0.5, 0.6) is 0 Å². The average molecular weight is 143 g/mol. The van der Waals surface area contributed by atoms with Gasteiger partial charge in [-0.15, -0.1) is 0 Å². The lowest BCUT2D eigenvalue weighted by Gasteiger charge is -1.82. The van der Waals surface area contributed by atoms with E-state index in [1.54, 1.807) is 0 Å². The van der Waals surface area contributed by atoms with E-state index >= 15 is 0 Å². The molecule has 1 aromatic carbocycles. The van der Waals surface area contributed by atoms with Gasteiger partial charge in [-0.3, -0.25) is 0 Å². The van der Waals surface area contributed by atoms with Crippen LogP contribution in [-0.4, -0.2) is 0 Å². The van der Waals surface area contributed by atoms with Crippen LogP contribution in [-0.2, 0) is 0 Å². The second-order valence-electron chi connectivity index (χ2n) is 1.65. The lowest BCUT2D eigenvalue weighted by molar-refractivity contribution is 1.48. The highest BCUT2D eigenvalue weighted by Crippen LogP contribution is 1.92. The van der Waals surface area contributed by atoms with Gasteiger partial charge in [0.2, 0.25) is 0 Å². The second-order valence-corrected chi connectivity index (χ2v) is 1.65. The smallest absolute Gasteiger partial charge is 0.0398 e. The Morgan fingerprint density at radius 1 is 1.00 bits per heavy atom. The summed E-state index contributed by atoms with van der Waals surface area (Å²) >= 11 is 0. The molecule has 0 aliphatic heterocycles. The van der Waals surface area contributed by atoms with E-state index in [2.05, 4.69) is 19.1 Å². The first-order valence-corrected chi connectivity index (χ1v) is 2.41. The van der Waals surface area contributed by atoms with Crippen molar-refractivity contribution < 1.29 is 0 Å². The minimum atomic E-state index is 0. The van der Waals surface area contributed by atoms with Crippen LogP contribution in [0.3, 0.4) is 0 Å². The molecule has 0 fully saturated rings. The van der Waals surface area contributed by atoms with Gasteiger partial charge in [-0.05, 0) is 6.92 Å². The molecule has 0 aromatic heterocycles. The van der Waals surface area contributed by atoms with Crippen molar-refractivity contribution in [3.05, 3.63) is 35.9 Å². The molecule has 0 heterocycles. The number of rotatable bonds is 0. The van der Waals surface area contributed by atoms with E-state index in [-0.39, 0.29) is 19.6 Å². The van der Waals surface area contributed by atoms with Gasteiger partial charge in [-0.25, -0.2) is 0 Å². The fraction of sp³-hybridized carbons (Fsp3) is 0.143. The summed E-state index contributed by atoms with van der Waals surface area (Å²) in [6, 6.07) is 10.3. The van der Waals surface area contributed by atoms with E-state index < -0.39 is 0 Å². The standard InChI is InChI=1S/C7H8.H3N.H2S/c1-7-5-3-2-4-6-7;;/h2-6H,1H3;1H3;1H2. The lowest BCUT2D eigenvalue weighted by Crippen LogP contribution is -1.62. The third-order valence-electron chi connectivity index (χ3n) is 0.940. The molecule has 0 amide bonds. The summed E-state index contributed by atoms with van der Waals surface area (Å²) in [6.07, 6.45) is 0. The molecular formula is C7H13NS. The molecular weight excluding hydrogens is 130 g/mol. The molecule has 0 spiro atoms. The maximum Gasteiger partial charge on any atom is -0.0398 e. The van der Waals surface area contributed by atoms with Crippen molar-refractivity contribution in [2.45, 2.75) is 6.92 Å². The normalized spacial score (nSPS) is 6.78. The Morgan fingerprint density at radius 2 is 1.44 bits per heavy atom. The Morgan fingerprint density at radius 3 is 1.67 bits per heavy atom. The van der Waals surface area contributed by atoms with Gasteiger partial charge in [0, 0.05) is 0 Å². The van der Waals surface area contributed by atoms with Gasteiger partial charge < -0.3 is 6.15 Å². The first-order chi connectivity index (χ1) is 3.39. The van der Waals surface area contributed by atoms with Crippen LogP contribution in [0.25, 0.3) is 0 Å². The highest BCUT2D eigenvalue weighted by Gasteiger charge is 1.72. The molecule has 9 heavy (non-hydrogen) atoms. The maximum atomic E-state index is 2.08. The average Bonchev–Trinajstić information content (AvgIpc) is 1.69. The molecule has 52 valence electrons. The SMILES string of the molecule is Cc1ccccc1.N.S. The quantitative estimate of drug-likeness (QED) is 0.594. The van der Waals surface area contributed by atoms with Gasteiger partial charge in [0.15, 0.2) is 0 Å². The molecule has 0 radical (unpaired) electrons. The predicted octanol–water partition coefficient (Wildman–Crippen LogP) is 2.27. The topological polar surface area (TPSA) is 35.0 Å². The Bertz CT molecular complexity index is 139. The van der Waals surface area contributed by atoms with Crippen molar-refractivity contribution in [1.29, 1.82) is 0 Å². The monoisotopic (exact) mass is 143 g/mol. The van der Waals surface area contributed by atoms with E-state index in [1.165, 1.54) is 5.56 Å². The van der Waals surface area contributed by atoms with Crippen molar-refractivity contribution in [3.63, 3.8) is 0 Å². The fourth-order valence-electron chi connectivity index (χ4n) is 0.534. The maximum absolute atomic E-state index is 2.08. The molecule has 1 rings (SSSR count). The molecule has 1 aromatic rings. The number of hydrogen-bond donors (Lipinski definition) is 1.